The first kappa shape index (κ1) is 40.0. The Hall–Kier alpha value is -8.60. The number of hydrogen-bond acceptors (Lipinski definition) is 4. The molecule has 0 spiro atoms. The van der Waals surface area contributed by atoms with Crippen molar-refractivity contribution in [3.63, 3.8) is 0 Å². The zero-order chi connectivity index (χ0) is 44.5. The first-order chi connectivity index (χ1) is 33.2. The third-order valence-electron chi connectivity index (χ3n) is 13.0. The van der Waals surface area contributed by atoms with Crippen LogP contribution in [0.4, 0.5) is 17.1 Å². The quantitative estimate of drug-likeness (QED) is 0.167. The van der Waals surface area contributed by atoms with Crippen LogP contribution >= 0.6 is 0 Å². The Kier molecular flexibility index (Phi) is 10.4. The molecule has 0 unspecified atom stereocenters. The molecule has 9 aromatic rings. The Bertz CT molecular complexity index is 2880. The number of para-hydroxylation sites is 3. The van der Waals surface area contributed by atoms with Crippen molar-refractivity contribution in [2.24, 2.45) is 0 Å². The smallest absolute Gasteiger partial charge is 0.127 e. The van der Waals surface area contributed by atoms with Crippen LogP contribution in [0.5, 0.6) is 17.2 Å². The lowest BCUT2D eigenvalue weighted by Crippen LogP contribution is -2.10. The lowest BCUT2D eigenvalue weighted by molar-refractivity contribution is 0.307. The molecule has 3 aliphatic heterocycles. The normalized spacial score (nSPS) is 15.1. The highest BCUT2D eigenvalue weighted by molar-refractivity contribution is 5.97. The summed E-state index contributed by atoms with van der Waals surface area (Å²) in [6, 6.07) is 77.3. The van der Waals surface area contributed by atoms with E-state index < -0.39 is 0 Å². The maximum atomic E-state index is 6.30. The number of nitrogens with zero attached hydrogens (tertiary/aromatic N) is 1. The van der Waals surface area contributed by atoms with Crippen LogP contribution in [0.1, 0.15) is 66.8 Å². The maximum Gasteiger partial charge on any atom is 0.127 e. The van der Waals surface area contributed by atoms with Crippen LogP contribution in [0.2, 0.25) is 0 Å². The summed E-state index contributed by atoms with van der Waals surface area (Å²) in [4.78, 5) is 2.34. The minimum Gasteiger partial charge on any atom is -0.488 e. The van der Waals surface area contributed by atoms with Crippen molar-refractivity contribution < 1.29 is 14.2 Å². The van der Waals surface area contributed by atoms with Crippen LogP contribution < -0.4 is 19.1 Å². The number of ether oxygens (including phenoxy) is 3. The predicted molar refractivity (Wildman–Crippen MR) is 274 cm³/mol. The molecule has 3 aliphatic rings. The Morgan fingerprint density at radius 2 is 0.522 bits per heavy atom. The topological polar surface area (TPSA) is 30.9 Å². The van der Waals surface area contributed by atoms with Gasteiger partial charge < -0.3 is 19.1 Å². The van der Waals surface area contributed by atoms with E-state index in [1.165, 1.54) is 33.4 Å². The van der Waals surface area contributed by atoms with E-state index in [1.807, 2.05) is 18.2 Å². The molecule has 0 amide bonds. The summed E-state index contributed by atoms with van der Waals surface area (Å²) in [5, 5.41) is 0. The lowest BCUT2D eigenvalue weighted by atomic mass is 9.92. The average Bonchev–Trinajstić information content (AvgIpc) is 3.73. The molecule has 12 rings (SSSR count). The molecule has 320 valence electrons. The van der Waals surface area contributed by atoms with Gasteiger partial charge in [-0.1, -0.05) is 164 Å². The zero-order valence-electron chi connectivity index (χ0n) is 36.8. The van der Waals surface area contributed by atoms with Crippen LogP contribution in [0.3, 0.4) is 0 Å². The monoisotopic (exact) mass is 863 g/mol. The molecule has 4 nitrogen and oxygen atoms in total. The van der Waals surface area contributed by atoms with Gasteiger partial charge in [0.15, 0.2) is 0 Å². The van der Waals surface area contributed by atoms with Gasteiger partial charge in [0.05, 0.1) is 0 Å². The average molecular weight is 864 g/mol. The fourth-order valence-electron chi connectivity index (χ4n) is 9.65. The summed E-state index contributed by atoms with van der Waals surface area (Å²) < 4.78 is 18.9. The van der Waals surface area contributed by atoms with Crippen LogP contribution in [0.25, 0.3) is 34.9 Å². The van der Waals surface area contributed by atoms with Crippen molar-refractivity contribution in [2.45, 2.75) is 19.8 Å². The maximum absolute atomic E-state index is 6.30. The second kappa shape index (κ2) is 17.4. The Labute approximate surface area is 391 Å². The van der Waals surface area contributed by atoms with E-state index in [0.717, 1.165) is 84.4 Å². The minimum atomic E-state index is 0.536. The first-order valence-corrected chi connectivity index (χ1v) is 22.9. The van der Waals surface area contributed by atoms with E-state index >= 15 is 0 Å². The second-order valence-corrected chi connectivity index (χ2v) is 17.1. The fraction of sp³-hybridized carbons (Fsp3) is 0.0476. The molecule has 0 fully saturated rings. The van der Waals surface area contributed by atoms with Crippen molar-refractivity contribution in [1.82, 2.24) is 0 Å². The summed E-state index contributed by atoms with van der Waals surface area (Å²) >= 11 is 0. The molecule has 4 heteroatoms. The van der Waals surface area contributed by atoms with Crippen LogP contribution in [0.15, 0.2) is 218 Å². The van der Waals surface area contributed by atoms with Crippen LogP contribution in [-0.4, -0.2) is 0 Å². The lowest BCUT2D eigenvalue weighted by Gasteiger charge is -2.26. The van der Waals surface area contributed by atoms with Crippen LogP contribution in [0, 0.1) is 0 Å². The Balaban J connectivity index is 0.942. The molecule has 0 saturated heterocycles. The van der Waals surface area contributed by atoms with Gasteiger partial charge in [0.25, 0.3) is 0 Å². The fourth-order valence-corrected chi connectivity index (χ4v) is 9.65. The van der Waals surface area contributed by atoms with Gasteiger partial charge in [-0.25, -0.2) is 0 Å². The van der Waals surface area contributed by atoms with E-state index in [9.17, 15) is 0 Å². The molecule has 3 heterocycles. The van der Waals surface area contributed by atoms with Gasteiger partial charge in [0.1, 0.15) is 37.1 Å². The Morgan fingerprint density at radius 1 is 0.269 bits per heavy atom. The summed E-state index contributed by atoms with van der Waals surface area (Å²) in [6.07, 6.45) is 6.86. The highest BCUT2D eigenvalue weighted by Gasteiger charge is 2.22. The molecule has 0 atom stereocenters. The molecule has 0 bridgehead atoms. The number of hydrogen-bond donors (Lipinski definition) is 0. The molecule has 0 aromatic heterocycles. The third-order valence-corrected chi connectivity index (χ3v) is 13.0. The number of rotatable bonds is 6. The molecule has 67 heavy (non-hydrogen) atoms. The van der Waals surface area contributed by atoms with Crippen molar-refractivity contribution >= 4 is 52.0 Å². The predicted octanol–water partition coefficient (Wildman–Crippen LogP) is 15.6. The van der Waals surface area contributed by atoms with Gasteiger partial charge in [-0.2, -0.15) is 0 Å². The summed E-state index contributed by atoms with van der Waals surface area (Å²) in [7, 11) is 0. The first-order valence-electron chi connectivity index (χ1n) is 22.9. The molecule has 0 radical (unpaired) electrons. The molecule has 0 aliphatic carbocycles. The van der Waals surface area contributed by atoms with Crippen molar-refractivity contribution in [1.29, 1.82) is 0 Å². The Morgan fingerprint density at radius 3 is 0.821 bits per heavy atom. The molecular formula is C63H45NO3. The number of anilines is 3. The van der Waals surface area contributed by atoms with E-state index in [1.54, 1.807) is 0 Å². The number of fused-ring (bicyclic) bond motifs is 6. The summed E-state index contributed by atoms with van der Waals surface area (Å²) in [6.45, 7) is 1.61. The van der Waals surface area contributed by atoms with Crippen molar-refractivity contribution in [3.8, 4) is 17.2 Å². The number of benzene rings is 9. The van der Waals surface area contributed by atoms with Crippen molar-refractivity contribution in [3.05, 3.63) is 285 Å². The van der Waals surface area contributed by atoms with Gasteiger partial charge in [0, 0.05) is 33.8 Å². The highest BCUT2D eigenvalue weighted by atomic mass is 16.5. The van der Waals surface area contributed by atoms with E-state index in [2.05, 4.69) is 223 Å². The van der Waals surface area contributed by atoms with E-state index in [-0.39, 0.29) is 0 Å². The van der Waals surface area contributed by atoms with E-state index in [4.69, 9.17) is 14.2 Å². The molecule has 9 aromatic carbocycles. The SMILES string of the molecule is C(=C1c2ccccc2COc2ccccc21)c1ccc(N(c2ccc(C=C3c4ccccc4COc4ccccc43)cc2)c2ccc(C=C3c4ccccc4COc4ccccc43)cc2)cc1. The molecule has 0 N–H and O–H groups in total. The molecular weight excluding hydrogens is 819 g/mol. The zero-order valence-corrected chi connectivity index (χ0v) is 36.8. The van der Waals surface area contributed by atoms with Crippen molar-refractivity contribution in [2.75, 3.05) is 4.90 Å². The third kappa shape index (κ3) is 7.79. The van der Waals surface area contributed by atoms with Gasteiger partial charge in [0.2, 0.25) is 0 Å². The molecule has 0 saturated carbocycles. The van der Waals surface area contributed by atoms with Crippen LogP contribution in [-0.2, 0) is 19.8 Å². The van der Waals surface area contributed by atoms with E-state index in [0.29, 0.717) is 19.8 Å². The summed E-state index contributed by atoms with van der Waals surface area (Å²) in [5.41, 5.74) is 20.3. The second-order valence-electron chi connectivity index (χ2n) is 17.1. The van der Waals surface area contributed by atoms with Gasteiger partial charge >= 0.3 is 0 Å². The largest absolute Gasteiger partial charge is 0.488 e. The standard InChI is InChI=1S/C63H45NO3/c1-4-16-52-46(13-1)40-65-61-22-10-7-19-55(61)58(52)37-43-25-31-49(32-26-43)64(50-33-27-44(28-34-50)38-59-53-17-5-2-14-47(53)41-66-62-23-11-8-20-56(59)62)51-35-29-45(30-36-51)39-60-54-18-6-3-15-48(54)42-67-63-24-12-9-21-57(60)63/h1-39H,40-42H2. The van der Waals surface area contributed by atoms with Gasteiger partial charge in [-0.05, 0) is 140 Å². The minimum absolute atomic E-state index is 0.536. The summed E-state index contributed by atoms with van der Waals surface area (Å²) in [5.74, 6) is 2.69. The van der Waals surface area contributed by atoms with Gasteiger partial charge in [-0.15, -0.1) is 0 Å². The highest BCUT2D eigenvalue weighted by Crippen LogP contribution is 2.42. The van der Waals surface area contributed by atoms with Gasteiger partial charge in [-0.3, -0.25) is 0 Å².